The predicted molar refractivity (Wildman–Crippen MR) is 77.0 cm³/mol. The van der Waals surface area contributed by atoms with Gasteiger partial charge in [0.15, 0.2) is 0 Å². The molecule has 6 unspecified atom stereocenters. The maximum Gasteiger partial charge on any atom is 0.226 e. The van der Waals surface area contributed by atoms with Crippen molar-refractivity contribution in [3.8, 4) is 0 Å². The van der Waals surface area contributed by atoms with Crippen molar-refractivity contribution in [3.05, 3.63) is 0 Å². The molecule has 20 heavy (non-hydrogen) atoms. The fourth-order valence-electron chi connectivity index (χ4n) is 6.41. The Hall–Kier alpha value is -0.570. The van der Waals surface area contributed by atoms with Crippen molar-refractivity contribution >= 4 is 5.91 Å². The lowest BCUT2D eigenvalue weighted by molar-refractivity contribution is -0.135. The Morgan fingerprint density at radius 1 is 0.950 bits per heavy atom. The van der Waals surface area contributed by atoms with Crippen LogP contribution in [0.25, 0.3) is 0 Å². The second kappa shape index (κ2) is 4.00. The number of carbonyl (C=O) groups excluding carboxylic acids is 1. The minimum Gasteiger partial charge on any atom is -0.342 e. The van der Waals surface area contributed by atoms with E-state index in [1.165, 1.54) is 44.9 Å². The normalized spacial score (nSPS) is 54.9. The van der Waals surface area contributed by atoms with Crippen molar-refractivity contribution in [2.75, 3.05) is 7.05 Å². The molecule has 0 spiro atoms. The standard InChI is InChI=1S/C17H26N2O/c1-19(13-7-11-4-5-12(8-13)18-11)17(20)16-14-9-2-3-10(6-9)15(14)16/h9-16,18H,2-8H2,1H3. The van der Waals surface area contributed by atoms with Crippen LogP contribution in [0.4, 0.5) is 0 Å². The molecule has 1 N–H and O–H groups in total. The highest BCUT2D eigenvalue weighted by atomic mass is 16.2. The van der Waals surface area contributed by atoms with E-state index >= 15 is 0 Å². The average Bonchev–Trinajstić information content (AvgIpc) is 2.75. The molecule has 2 heterocycles. The number of hydrogen-bond donors (Lipinski definition) is 1. The molecule has 0 radical (unpaired) electrons. The van der Waals surface area contributed by atoms with Gasteiger partial charge in [0.2, 0.25) is 5.91 Å². The molecule has 2 aliphatic heterocycles. The van der Waals surface area contributed by atoms with E-state index in [1.54, 1.807) is 0 Å². The SMILES string of the molecule is CN(C(=O)C1C2C3CCC(C3)C12)C1CC2CCC(C1)N2. The average molecular weight is 274 g/mol. The topological polar surface area (TPSA) is 32.3 Å². The Kier molecular flexibility index (Phi) is 2.40. The third-order valence-electron chi connectivity index (χ3n) is 7.36. The van der Waals surface area contributed by atoms with Gasteiger partial charge in [0.1, 0.15) is 0 Å². The van der Waals surface area contributed by atoms with E-state index in [-0.39, 0.29) is 0 Å². The van der Waals surface area contributed by atoms with Crippen molar-refractivity contribution in [2.45, 2.75) is 63.1 Å². The van der Waals surface area contributed by atoms with Crippen LogP contribution in [0, 0.1) is 29.6 Å². The molecule has 6 atom stereocenters. The lowest BCUT2D eigenvalue weighted by atomic mass is 9.96. The first-order valence-electron chi connectivity index (χ1n) is 8.75. The highest BCUT2D eigenvalue weighted by molar-refractivity contribution is 5.83. The molecule has 110 valence electrons. The predicted octanol–water partition coefficient (Wildman–Crippen LogP) is 2.02. The molecule has 3 nitrogen and oxygen atoms in total. The van der Waals surface area contributed by atoms with Gasteiger partial charge in [-0.3, -0.25) is 4.79 Å². The summed E-state index contributed by atoms with van der Waals surface area (Å²) in [4.78, 5) is 15.0. The maximum atomic E-state index is 12.9. The van der Waals surface area contributed by atoms with Crippen LogP contribution in [0.3, 0.4) is 0 Å². The van der Waals surface area contributed by atoms with Crippen molar-refractivity contribution < 1.29 is 4.79 Å². The Morgan fingerprint density at radius 3 is 2.15 bits per heavy atom. The van der Waals surface area contributed by atoms with Crippen LogP contribution < -0.4 is 5.32 Å². The van der Waals surface area contributed by atoms with E-state index in [2.05, 4.69) is 17.3 Å². The van der Waals surface area contributed by atoms with Gasteiger partial charge in [-0.05, 0) is 68.6 Å². The van der Waals surface area contributed by atoms with E-state index in [1.807, 2.05) is 0 Å². The van der Waals surface area contributed by atoms with Gasteiger partial charge in [0.25, 0.3) is 0 Å². The molecule has 0 aromatic heterocycles. The molecule has 4 bridgehead atoms. The van der Waals surface area contributed by atoms with E-state index in [4.69, 9.17) is 0 Å². The summed E-state index contributed by atoms with van der Waals surface area (Å²) in [6.45, 7) is 0. The Bertz CT molecular complexity index is 422. The Balaban J connectivity index is 1.28. The minimum absolute atomic E-state index is 0.429. The van der Waals surface area contributed by atoms with E-state index in [0.29, 0.717) is 30.0 Å². The molecule has 5 fully saturated rings. The van der Waals surface area contributed by atoms with Gasteiger partial charge < -0.3 is 10.2 Å². The van der Waals surface area contributed by atoms with Gasteiger partial charge in [-0.1, -0.05) is 0 Å². The van der Waals surface area contributed by atoms with Crippen molar-refractivity contribution in [1.82, 2.24) is 10.2 Å². The molecular formula is C17H26N2O. The smallest absolute Gasteiger partial charge is 0.226 e. The summed E-state index contributed by atoms with van der Waals surface area (Å²) in [5.41, 5.74) is 0. The Morgan fingerprint density at radius 2 is 1.55 bits per heavy atom. The first-order valence-corrected chi connectivity index (χ1v) is 8.75. The summed E-state index contributed by atoms with van der Waals surface area (Å²) in [7, 11) is 2.09. The van der Waals surface area contributed by atoms with Gasteiger partial charge in [-0.15, -0.1) is 0 Å². The number of nitrogens with one attached hydrogen (secondary N) is 1. The first kappa shape index (κ1) is 12.0. The molecule has 5 rings (SSSR count). The zero-order chi connectivity index (χ0) is 13.4. The fraction of sp³-hybridized carbons (Fsp3) is 0.941. The van der Waals surface area contributed by atoms with E-state index < -0.39 is 0 Å². The van der Waals surface area contributed by atoms with Crippen LogP contribution in [0.1, 0.15) is 44.9 Å². The number of fused-ring (bicyclic) bond motifs is 7. The maximum absolute atomic E-state index is 12.9. The summed E-state index contributed by atoms with van der Waals surface area (Å²) in [6.07, 6.45) is 9.29. The van der Waals surface area contributed by atoms with Crippen LogP contribution in [-0.2, 0) is 4.79 Å². The number of rotatable bonds is 2. The second-order valence-electron chi connectivity index (χ2n) is 8.23. The molecule has 1 amide bonds. The lowest BCUT2D eigenvalue weighted by Crippen LogP contribution is -2.49. The fourth-order valence-corrected chi connectivity index (χ4v) is 6.41. The lowest BCUT2D eigenvalue weighted by Gasteiger charge is -2.36. The van der Waals surface area contributed by atoms with Crippen LogP contribution in [0.15, 0.2) is 0 Å². The van der Waals surface area contributed by atoms with Crippen LogP contribution in [-0.4, -0.2) is 36.0 Å². The number of nitrogens with zero attached hydrogens (tertiary/aromatic N) is 1. The highest BCUT2D eigenvalue weighted by Gasteiger charge is 2.68. The summed E-state index contributed by atoms with van der Waals surface area (Å²) in [6, 6.07) is 1.88. The monoisotopic (exact) mass is 274 g/mol. The zero-order valence-electron chi connectivity index (χ0n) is 12.4. The molecule has 0 aromatic rings. The number of amides is 1. The molecule has 3 saturated carbocycles. The summed E-state index contributed by atoms with van der Waals surface area (Å²) in [5.74, 6) is 4.35. The summed E-state index contributed by atoms with van der Waals surface area (Å²) >= 11 is 0. The molecule has 5 aliphatic rings. The minimum atomic E-state index is 0.429. The van der Waals surface area contributed by atoms with Crippen molar-refractivity contribution in [1.29, 1.82) is 0 Å². The third-order valence-corrected chi connectivity index (χ3v) is 7.36. The van der Waals surface area contributed by atoms with E-state index in [9.17, 15) is 4.79 Å². The van der Waals surface area contributed by atoms with Crippen LogP contribution in [0.5, 0.6) is 0 Å². The van der Waals surface area contributed by atoms with Gasteiger partial charge in [-0.25, -0.2) is 0 Å². The third kappa shape index (κ3) is 1.53. The molecular weight excluding hydrogens is 248 g/mol. The first-order chi connectivity index (χ1) is 9.72. The number of piperidine rings is 1. The van der Waals surface area contributed by atoms with Gasteiger partial charge in [0.05, 0.1) is 0 Å². The molecule has 2 saturated heterocycles. The largest absolute Gasteiger partial charge is 0.342 e. The van der Waals surface area contributed by atoms with Crippen LogP contribution >= 0.6 is 0 Å². The highest BCUT2D eigenvalue weighted by Crippen LogP contribution is 2.69. The number of carbonyl (C=O) groups is 1. The second-order valence-corrected chi connectivity index (χ2v) is 8.23. The molecule has 0 aromatic carbocycles. The number of hydrogen-bond acceptors (Lipinski definition) is 2. The van der Waals surface area contributed by atoms with Crippen LogP contribution in [0.2, 0.25) is 0 Å². The van der Waals surface area contributed by atoms with E-state index in [0.717, 1.165) is 23.7 Å². The quantitative estimate of drug-likeness (QED) is 0.835. The van der Waals surface area contributed by atoms with Crippen molar-refractivity contribution in [2.24, 2.45) is 29.6 Å². The molecule has 3 aliphatic carbocycles. The van der Waals surface area contributed by atoms with Gasteiger partial charge >= 0.3 is 0 Å². The molecule has 3 heteroatoms. The summed E-state index contributed by atoms with van der Waals surface area (Å²) in [5, 5.41) is 3.68. The Labute approximate surface area is 121 Å². The zero-order valence-corrected chi connectivity index (χ0v) is 12.4. The summed E-state index contributed by atoms with van der Waals surface area (Å²) < 4.78 is 0. The van der Waals surface area contributed by atoms with Gasteiger partial charge in [-0.2, -0.15) is 0 Å². The van der Waals surface area contributed by atoms with Gasteiger partial charge in [0, 0.05) is 31.1 Å². The van der Waals surface area contributed by atoms with Crippen molar-refractivity contribution in [3.63, 3.8) is 0 Å².